The van der Waals surface area contributed by atoms with Crippen molar-refractivity contribution in [3.8, 4) is 5.75 Å². The monoisotopic (exact) mass is 366 g/mol. The first kappa shape index (κ1) is 19.6. The van der Waals surface area contributed by atoms with Gasteiger partial charge in [0, 0.05) is 5.56 Å². The number of ketones is 1. The van der Waals surface area contributed by atoms with Gasteiger partial charge < -0.3 is 9.64 Å². The summed E-state index contributed by atoms with van der Waals surface area (Å²) in [5.41, 5.74) is 1.91. The topological polar surface area (TPSA) is 30.7 Å². The third-order valence-corrected chi connectivity index (χ3v) is 5.48. The average molecular weight is 367 g/mol. The third kappa shape index (κ3) is 5.67. The molecule has 144 valence electrons. The summed E-state index contributed by atoms with van der Waals surface area (Å²) in [4.78, 5) is 14.9. The first-order chi connectivity index (χ1) is 13.3. The standard InChI is InChI=1S/C24H31NO2/c1-2-3-18-27-22-14-12-21(13-15-22)24(26)23(20-10-6-4-7-11-20)19-25-16-8-5-9-17-25/h4,6-7,10-15,23H,2-3,5,8-9,16-19H2,1H3/p+1/t23-/m0/s1. The molecular formula is C24H32NO2+. The largest absolute Gasteiger partial charge is 0.494 e. The number of nitrogens with one attached hydrogen (secondary N) is 1. The van der Waals surface area contributed by atoms with E-state index in [-0.39, 0.29) is 11.7 Å². The molecule has 0 amide bonds. The van der Waals surface area contributed by atoms with Crippen LogP contribution in [0.1, 0.15) is 60.9 Å². The SMILES string of the molecule is CCCCOc1ccc(C(=O)[C@@H](C[NH+]2CCCCC2)c2ccccc2)cc1. The molecule has 2 aromatic rings. The summed E-state index contributed by atoms with van der Waals surface area (Å²) in [6, 6.07) is 18.0. The minimum Gasteiger partial charge on any atom is -0.494 e. The fraction of sp³-hybridized carbons (Fsp3) is 0.458. The number of unbranched alkanes of at least 4 members (excludes halogenated alkanes) is 1. The van der Waals surface area contributed by atoms with Crippen molar-refractivity contribution < 1.29 is 14.4 Å². The molecule has 1 atom stereocenters. The fourth-order valence-electron chi connectivity index (χ4n) is 3.84. The Bertz CT molecular complexity index is 690. The van der Waals surface area contributed by atoms with Gasteiger partial charge in [-0.3, -0.25) is 4.79 Å². The molecule has 1 aliphatic heterocycles. The molecule has 0 saturated carbocycles. The van der Waals surface area contributed by atoms with Gasteiger partial charge in [0.25, 0.3) is 0 Å². The summed E-state index contributed by atoms with van der Waals surface area (Å²) >= 11 is 0. The molecule has 1 N–H and O–H groups in total. The van der Waals surface area contributed by atoms with Crippen LogP contribution in [0.15, 0.2) is 54.6 Å². The van der Waals surface area contributed by atoms with E-state index >= 15 is 0 Å². The Labute approximate surface area is 163 Å². The highest BCUT2D eigenvalue weighted by Gasteiger charge is 2.27. The minimum absolute atomic E-state index is 0.0776. The van der Waals surface area contributed by atoms with Crippen LogP contribution in [0, 0.1) is 0 Å². The van der Waals surface area contributed by atoms with Gasteiger partial charge in [0.2, 0.25) is 0 Å². The predicted octanol–water partition coefficient (Wildman–Crippen LogP) is 3.90. The van der Waals surface area contributed by atoms with E-state index in [0.29, 0.717) is 0 Å². The number of hydrogen-bond acceptors (Lipinski definition) is 2. The first-order valence-corrected chi connectivity index (χ1v) is 10.4. The summed E-state index contributed by atoms with van der Waals surface area (Å²) in [5.74, 6) is 0.989. The maximum Gasteiger partial charge on any atom is 0.175 e. The number of piperidine rings is 1. The van der Waals surface area contributed by atoms with E-state index in [1.54, 1.807) is 4.90 Å². The molecule has 3 rings (SSSR count). The van der Waals surface area contributed by atoms with Crippen molar-refractivity contribution in [1.82, 2.24) is 0 Å². The zero-order chi connectivity index (χ0) is 18.9. The van der Waals surface area contributed by atoms with Gasteiger partial charge in [0.1, 0.15) is 5.75 Å². The molecule has 1 aliphatic rings. The molecule has 0 radical (unpaired) electrons. The zero-order valence-electron chi connectivity index (χ0n) is 16.5. The van der Waals surface area contributed by atoms with E-state index < -0.39 is 0 Å². The Morgan fingerprint density at radius 2 is 1.70 bits per heavy atom. The highest BCUT2D eigenvalue weighted by Crippen LogP contribution is 2.22. The van der Waals surface area contributed by atoms with Crippen LogP contribution in [0.4, 0.5) is 0 Å². The number of hydrogen-bond donors (Lipinski definition) is 1. The maximum atomic E-state index is 13.3. The second kappa shape index (κ2) is 10.3. The highest BCUT2D eigenvalue weighted by atomic mass is 16.5. The van der Waals surface area contributed by atoms with Crippen LogP contribution in [0.5, 0.6) is 5.75 Å². The molecule has 1 fully saturated rings. The first-order valence-electron chi connectivity index (χ1n) is 10.4. The van der Waals surface area contributed by atoms with E-state index in [1.807, 2.05) is 42.5 Å². The van der Waals surface area contributed by atoms with Crippen LogP contribution in [0.25, 0.3) is 0 Å². The molecule has 0 spiro atoms. The maximum absolute atomic E-state index is 13.3. The molecule has 3 nitrogen and oxygen atoms in total. The van der Waals surface area contributed by atoms with E-state index in [2.05, 4.69) is 19.1 Å². The normalized spacial score (nSPS) is 16.0. The average Bonchev–Trinajstić information content (AvgIpc) is 2.74. The lowest BCUT2D eigenvalue weighted by molar-refractivity contribution is -0.905. The number of ether oxygens (including phenoxy) is 1. The lowest BCUT2D eigenvalue weighted by Crippen LogP contribution is -3.13. The molecule has 2 aromatic carbocycles. The van der Waals surface area contributed by atoms with Crippen LogP contribution < -0.4 is 9.64 Å². The van der Waals surface area contributed by atoms with Gasteiger partial charge in [-0.25, -0.2) is 0 Å². The number of carbonyl (C=O) groups excluding carboxylic acids is 1. The van der Waals surface area contributed by atoms with Gasteiger partial charge in [0.05, 0.1) is 32.2 Å². The number of carbonyl (C=O) groups is 1. The predicted molar refractivity (Wildman–Crippen MR) is 110 cm³/mol. The number of quaternary nitrogens is 1. The Balaban J connectivity index is 1.73. The molecular weight excluding hydrogens is 334 g/mol. The van der Waals surface area contributed by atoms with Gasteiger partial charge in [-0.2, -0.15) is 0 Å². The molecule has 27 heavy (non-hydrogen) atoms. The molecule has 1 heterocycles. The van der Waals surface area contributed by atoms with E-state index in [4.69, 9.17) is 4.74 Å². The Morgan fingerprint density at radius 1 is 1.00 bits per heavy atom. The molecule has 3 heteroatoms. The zero-order valence-corrected chi connectivity index (χ0v) is 16.5. The van der Waals surface area contributed by atoms with E-state index in [0.717, 1.165) is 42.9 Å². The molecule has 0 aliphatic carbocycles. The van der Waals surface area contributed by atoms with Crippen molar-refractivity contribution in [3.05, 3.63) is 65.7 Å². The quantitative estimate of drug-likeness (QED) is 0.539. The van der Waals surface area contributed by atoms with Gasteiger partial charge in [-0.05, 0) is 55.5 Å². The van der Waals surface area contributed by atoms with Crippen molar-refractivity contribution in [1.29, 1.82) is 0 Å². The Hall–Kier alpha value is -2.13. The van der Waals surface area contributed by atoms with Gasteiger partial charge in [0.15, 0.2) is 5.78 Å². The van der Waals surface area contributed by atoms with Crippen molar-refractivity contribution >= 4 is 5.78 Å². The van der Waals surface area contributed by atoms with Crippen LogP contribution in [0.3, 0.4) is 0 Å². The summed E-state index contributed by atoms with van der Waals surface area (Å²) in [6.07, 6.45) is 6.04. The molecule has 0 unspecified atom stereocenters. The van der Waals surface area contributed by atoms with Crippen molar-refractivity contribution in [3.63, 3.8) is 0 Å². The van der Waals surface area contributed by atoms with Crippen molar-refractivity contribution in [2.24, 2.45) is 0 Å². The van der Waals surface area contributed by atoms with Crippen LogP contribution in [-0.4, -0.2) is 32.0 Å². The van der Waals surface area contributed by atoms with Gasteiger partial charge in [-0.15, -0.1) is 0 Å². The second-order valence-electron chi connectivity index (χ2n) is 7.57. The van der Waals surface area contributed by atoms with E-state index in [1.165, 1.54) is 32.4 Å². The number of Topliss-reactive ketones (excluding diaryl/α,β-unsaturated/α-hetero) is 1. The minimum atomic E-state index is -0.0776. The van der Waals surface area contributed by atoms with Gasteiger partial charge >= 0.3 is 0 Å². The van der Waals surface area contributed by atoms with Gasteiger partial charge in [-0.1, -0.05) is 43.7 Å². The lowest BCUT2D eigenvalue weighted by Gasteiger charge is -2.27. The smallest absolute Gasteiger partial charge is 0.175 e. The summed E-state index contributed by atoms with van der Waals surface area (Å²) in [6.45, 7) is 6.13. The fourth-order valence-corrected chi connectivity index (χ4v) is 3.84. The van der Waals surface area contributed by atoms with Crippen LogP contribution in [-0.2, 0) is 0 Å². The highest BCUT2D eigenvalue weighted by molar-refractivity contribution is 6.01. The van der Waals surface area contributed by atoms with Crippen LogP contribution >= 0.6 is 0 Å². The molecule has 0 bridgehead atoms. The number of benzene rings is 2. The molecule has 0 aromatic heterocycles. The lowest BCUT2D eigenvalue weighted by atomic mass is 9.89. The Morgan fingerprint density at radius 3 is 2.37 bits per heavy atom. The number of likely N-dealkylation sites (tertiary alicyclic amines) is 1. The third-order valence-electron chi connectivity index (χ3n) is 5.48. The number of rotatable bonds is 9. The van der Waals surface area contributed by atoms with Crippen molar-refractivity contribution in [2.75, 3.05) is 26.2 Å². The molecule has 1 saturated heterocycles. The summed E-state index contributed by atoms with van der Waals surface area (Å²) < 4.78 is 5.73. The Kier molecular flexibility index (Phi) is 7.46. The summed E-state index contributed by atoms with van der Waals surface area (Å²) in [7, 11) is 0. The second-order valence-corrected chi connectivity index (χ2v) is 7.57. The van der Waals surface area contributed by atoms with E-state index in [9.17, 15) is 4.79 Å². The summed E-state index contributed by atoms with van der Waals surface area (Å²) in [5, 5.41) is 0. The van der Waals surface area contributed by atoms with Crippen molar-refractivity contribution in [2.45, 2.75) is 44.9 Å². The van der Waals surface area contributed by atoms with Crippen LogP contribution in [0.2, 0.25) is 0 Å².